The molecule has 0 saturated heterocycles. The Kier molecular flexibility index (Phi) is 5.82. The number of thiocarbonyl (C=S) groups is 1. The van der Waals surface area contributed by atoms with Crippen LogP contribution in [-0.4, -0.2) is 10.1 Å². The third-order valence-electron chi connectivity index (χ3n) is 3.34. The van der Waals surface area contributed by atoms with E-state index in [1.54, 1.807) is 18.3 Å². The summed E-state index contributed by atoms with van der Waals surface area (Å²) < 4.78 is 5.86. The summed E-state index contributed by atoms with van der Waals surface area (Å²) >= 11 is 11.2. The van der Waals surface area contributed by atoms with E-state index < -0.39 is 0 Å². The Balaban J connectivity index is 1.63. The zero-order valence-corrected chi connectivity index (χ0v) is 14.8. The minimum Gasteiger partial charge on any atom is -0.485 e. The Hall–Kier alpha value is -2.63. The zero-order chi connectivity index (χ0) is 17.5. The molecule has 0 atom stereocenters. The molecule has 0 aliphatic carbocycles. The van der Waals surface area contributed by atoms with E-state index in [4.69, 9.17) is 28.6 Å². The fourth-order valence-corrected chi connectivity index (χ4v) is 2.48. The van der Waals surface area contributed by atoms with Gasteiger partial charge in [-0.3, -0.25) is 0 Å². The van der Waals surface area contributed by atoms with Crippen molar-refractivity contribution in [1.82, 2.24) is 4.98 Å². The van der Waals surface area contributed by atoms with E-state index in [1.807, 2.05) is 54.6 Å². The molecule has 6 heteroatoms. The maximum Gasteiger partial charge on any atom is 0.176 e. The van der Waals surface area contributed by atoms with Gasteiger partial charge in [0.15, 0.2) is 16.7 Å². The Bertz CT molecular complexity index is 841. The first-order chi connectivity index (χ1) is 12.2. The van der Waals surface area contributed by atoms with Gasteiger partial charge in [0.05, 0.1) is 0 Å². The third kappa shape index (κ3) is 5.17. The van der Waals surface area contributed by atoms with Gasteiger partial charge in [-0.15, -0.1) is 0 Å². The Morgan fingerprint density at radius 1 is 0.960 bits per heavy atom. The highest BCUT2D eigenvalue weighted by Crippen LogP contribution is 2.22. The van der Waals surface area contributed by atoms with Crippen LogP contribution in [-0.2, 0) is 6.61 Å². The summed E-state index contributed by atoms with van der Waals surface area (Å²) in [4.78, 5) is 4.30. The standard InChI is InChI=1S/C19H16ClN3OS/c20-15-8-10-16(11-9-15)22-19(25)23-18-17(7-4-12-21-18)24-13-14-5-2-1-3-6-14/h1-12H,13H2,(H2,21,22,23,25). The number of halogens is 1. The smallest absolute Gasteiger partial charge is 0.176 e. The van der Waals surface area contributed by atoms with Crippen molar-refractivity contribution in [3.63, 3.8) is 0 Å². The number of pyridine rings is 1. The molecule has 2 N–H and O–H groups in total. The molecule has 0 spiro atoms. The molecule has 0 amide bonds. The van der Waals surface area contributed by atoms with Crippen molar-refractivity contribution in [2.75, 3.05) is 10.6 Å². The minimum absolute atomic E-state index is 0.422. The van der Waals surface area contributed by atoms with Crippen molar-refractivity contribution >= 4 is 40.4 Å². The summed E-state index contributed by atoms with van der Waals surface area (Å²) in [6.45, 7) is 0.457. The largest absolute Gasteiger partial charge is 0.485 e. The minimum atomic E-state index is 0.422. The lowest BCUT2D eigenvalue weighted by Crippen LogP contribution is -2.20. The second-order valence-electron chi connectivity index (χ2n) is 5.21. The number of nitrogens with zero attached hydrogens (tertiary/aromatic N) is 1. The fraction of sp³-hybridized carbons (Fsp3) is 0.0526. The molecule has 0 unspecified atom stereocenters. The number of rotatable bonds is 5. The van der Waals surface area contributed by atoms with E-state index in [0.717, 1.165) is 11.3 Å². The molecule has 0 saturated carbocycles. The monoisotopic (exact) mass is 369 g/mol. The van der Waals surface area contributed by atoms with E-state index in [-0.39, 0.29) is 0 Å². The number of anilines is 2. The lowest BCUT2D eigenvalue weighted by atomic mass is 10.2. The maximum absolute atomic E-state index is 5.88. The molecule has 2 aromatic carbocycles. The molecule has 25 heavy (non-hydrogen) atoms. The predicted molar refractivity (Wildman–Crippen MR) is 106 cm³/mol. The summed E-state index contributed by atoms with van der Waals surface area (Å²) in [5.74, 6) is 1.19. The Morgan fingerprint density at radius 3 is 2.48 bits per heavy atom. The van der Waals surface area contributed by atoms with Gasteiger partial charge in [0, 0.05) is 16.9 Å². The number of hydrogen-bond donors (Lipinski definition) is 2. The maximum atomic E-state index is 5.88. The molecule has 1 heterocycles. The van der Waals surface area contributed by atoms with Crippen molar-refractivity contribution in [3.05, 3.63) is 83.5 Å². The topological polar surface area (TPSA) is 46.2 Å². The summed E-state index contributed by atoms with van der Waals surface area (Å²) in [7, 11) is 0. The van der Waals surface area contributed by atoms with Crippen LogP contribution in [0.15, 0.2) is 72.9 Å². The molecule has 0 bridgehead atoms. The molecule has 4 nitrogen and oxygen atoms in total. The third-order valence-corrected chi connectivity index (χ3v) is 3.80. The van der Waals surface area contributed by atoms with Crippen LogP contribution in [0, 0.1) is 0 Å². The van der Waals surface area contributed by atoms with Crippen LogP contribution in [0.25, 0.3) is 0 Å². The Morgan fingerprint density at radius 2 is 1.72 bits per heavy atom. The molecule has 0 radical (unpaired) electrons. The molecule has 0 aliphatic rings. The van der Waals surface area contributed by atoms with E-state index in [9.17, 15) is 0 Å². The highest BCUT2D eigenvalue weighted by atomic mass is 35.5. The van der Waals surface area contributed by atoms with Crippen molar-refractivity contribution in [1.29, 1.82) is 0 Å². The van der Waals surface area contributed by atoms with Gasteiger partial charge in [-0.05, 0) is 54.2 Å². The number of hydrogen-bond acceptors (Lipinski definition) is 3. The van der Waals surface area contributed by atoms with E-state index >= 15 is 0 Å². The normalized spacial score (nSPS) is 10.1. The summed E-state index contributed by atoms with van der Waals surface area (Å²) in [5, 5.41) is 7.24. The van der Waals surface area contributed by atoms with Crippen LogP contribution < -0.4 is 15.4 Å². The molecule has 1 aromatic heterocycles. The first kappa shape index (κ1) is 17.2. The fourth-order valence-electron chi connectivity index (χ4n) is 2.14. The van der Waals surface area contributed by atoms with E-state index in [0.29, 0.717) is 28.3 Å². The van der Waals surface area contributed by atoms with Gasteiger partial charge in [-0.1, -0.05) is 41.9 Å². The number of ether oxygens (including phenoxy) is 1. The first-order valence-corrected chi connectivity index (χ1v) is 8.44. The van der Waals surface area contributed by atoms with Gasteiger partial charge >= 0.3 is 0 Å². The lowest BCUT2D eigenvalue weighted by molar-refractivity contribution is 0.307. The van der Waals surface area contributed by atoms with Gasteiger partial charge in [-0.25, -0.2) is 4.98 Å². The molecule has 3 rings (SSSR count). The highest BCUT2D eigenvalue weighted by molar-refractivity contribution is 7.80. The van der Waals surface area contributed by atoms with Crippen LogP contribution in [0.3, 0.4) is 0 Å². The quantitative estimate of drug-likeness (QED) is 0.611. The van der Waals surface area contributed by atoms with Gasteiger partial charge < -0.3 is 15.4 Å². The molecular weight excluding hydrogens is 354 g/mol. The van der Waals surface area contributed by atoms with Crippen LogP contribution >= 0.6 is 23.8 Å². The number of nitrogens with one attached hydrogen (secondary N) is 2. The first-order valence-electron chi connectivity index (χ1n) is 7.66. The van der Waals surface area contributed by atoms with Crippen molar-refractivity contribution in [2.24, 2.45) is 0 Å². The van der Waals surface area contributed by atoms with Crippen LogP contribution in [0.2, 0.25) is 5.02 Å². The summed E-state index contributed by atoms with van der Waals surface area (Å²) in [5.41, 5.74) is 1.92. The van der Waals surface area contributed by atoms with Crippen LogP contribution in [0.5, 0.6) is 5.75 Å². The number of benzene rings is 2. The highest BCUT2D eigenvalue weighted by Gasteiger charge is 2.07. The summed E-state index contributed by atoms with van der Waals surface area (Å²) in [6, 6.07) is 20.9. The van der Waals surface area contributed by atoms with E-state index in [2.05, 4.69) is 15.6 Å². The molecule has 0 aliphatic heterocycles. The van der Waals surface area contributed by atoms with Crippen LogP contribution in [0.1, 0.15) is 5.56 Å². The van der Waals surface area contributed by atoms with E-state index in [1.165, 1.54) is 0 Å². The average Bonchev–Trinajstić information content (AvgIpc) is 2.64. The lowest BCUT2D eigenvalue weighted by Gasteiger charge is -2.14. The number of aromatic nitrogens is 1. The SMILES string of the molecule is S=C(Nc1ccc(Cl)cc1)Nc1ncccc1OCc1ccccc1. The van der Waals surface area contributed by atoms with Gasteiger partial charge in [0.1, 0.15) is 6.61 Å². The average molecular weight is 370 g/mol. The van der Waals surface area contributed by atoms with Crippen molar-refractivity contribution < 1.29 is 4.74 Å². The molecule has 3 aromatic rings. The Labute approximate surface area is 156 Å². The van der Waals surface area contributed by atoms with Crippen LogP contribution in [0.4, 0.5) is 11.5 Å². The van der Waals surface area contributed by atoms with Gasteiger partial charge in [0.25, 0.3) is 0 Å². The molecule has 126 valence electrons. The van der Waals surface area contributed by atoms with Gasteiger partial charge in [-0.2, -0.15) is 0 Å². The second-order valence-corrected chi connectivity index (χ2v) is 6.06. The molecule has 0 fully saturated rings. The zero-order valence-electron chi connectivity index (χ0n) is 13.3. The molecular formula is C19H16ClN3OS. The van der Waals surface area contributed by atoms with Gasteiger partial charge in [0.2, 0.25) is 0 Å². The van der Waals surface area contributed by atoms with Crippen molar-refractivity contribution in [2.45, 2.75) is 6.61 Å². The predicted octanol–water partition coefficient (Wildman–Crippen LogP) is 5.12. The summed E-state index contributed by atoms with van der Waals surface area (Å²) in [6.07, 6.45) is 1.68. The van der Waals surface area contributed by atoms with Crippen molar-refractivity contribution in [3.8, 4) is 5.75 Å². The second kappa shape index (κ2) is 8.46.